The number of ketones is 1. The maximum atomic E-state index is 13.3. The number of anilines is 1. The molecule has 5 heteroatoms. The summed E-state index contributed by atoms with van der Waals surface area (Å²) in [7, 11) is 0. The predicted octanol–water partition coefficient (Wildman–Crippen LogP) is 2.37. The number of ether oxygens (including phenoxy) is 2. The van der Waals surface area contributed by atoms with Gasteiger partial charge in [-0.05, 0) is 37.6 Å². The van der Waals surface area contributed by atoms with Crippen molar-refractivity contribution < 1.29 is 14.3 Å². The van der Waals surface area contributed by atoms with Crippen LogP contribution in [0.25, 0.3) is 0 Å². The summed E-state index contributed by atoms with van der Waals surface area (Å²) in [6.45, 7) is 12.1. The highest BCUT2D eigenvalue weighted by Crippen LogP contribution is 2.27. The van der Waals surface area contributed by atoms with Crippen LogP contribution in [0.3, 0.4) is 0 Å². The Morgan fingerprint density at radius 1 is 1.08 bits per heavy atom. The average Bonchev–Trinajstić information content (AvgIpc) is 2.69. The molecule has 0 bridgehead atoms. The number of Topliss-reactive ketones (excluding diaryl/α,β-unsaturated/α-hetero) is 1. The monoisotopic (exact) mass is 344 g/mol. The Hall–Kier alpha value is -1.69. The van der Waals surface area contributed by atoms with E-state index in [1.54, 1.807) is 0 Å². The van der Waals surface area contributed by atoms with Crippen molar-refractivity contribution in [1.29, 1.82) is 0 Å². The van der Waals surface area contributed by atoms with Crippen molar-refractivity contribution >= 4 is 11.5 Å². The molecule has 2 heterocycles. The summed E-state index contributed by atoms with van der Waals surface area (Å²) < 4.78 is 10.8. The van der Waals surface area contributed by atoms with E-state index in [1.165, 1.54) is 0 Å². The molecular formula is C20H28N2O3. The van der Waals surface area contributed by atoms with Crippen LogP contribution in [-0.2, 0) is 9.47 Å². The molecule has 2 aliphatic rings. The van der Waals surface area contributed by atoms with E-state index in [4.69, 9.17) is 9.47 Å². The van der Waals surface area contributed by atoms with Crippen LogP contribution < -0.4 is 4.90 Å². The number of nitrogens with zero attached hydrogens (tertiary/aromatic N) is 2. The third-order valence-electron chi connectivity index (χ3n) is 5.25. The summed E-state index contributed by atoms with van der Waals surface area (Å²) >= 11 is 0. The molecule has 136 valence electrons. The molecule has 0 radical (unpaired) electrons. The van der Waals surface area contributed by atoms with E-state index in [2.05, 4.69) is 16.4 Å². The van der Waals surface area contributed by atoms with Gasteiger partial charge in [-0.1, -0.05) is 6.08 Å². The van der Waals surface area contributed by atoms with Gasteiger partial charge in [-0.25, -0.2) is 0 Å². The zero-order valence-electron chi connectivity index (χ0n) is 15.1. The van der Waals surface area contributed by atoms with Gasteiger partial charge in [-0.2, -0.15) is 0 Å². The Morgan fingerprint density at radius 2 is 1.64 bits per heavy atom. The van der Waals surface area contributed by atoms with Crippen LogP contribution in [0.5, 0.6) is 0 Å². The Balaban J connectivity index is 1.78. The predicted molar refractivity (Wildman–Crippen MR) is 99.4 cm³/mol. The lowest BCUT2D eigenvalue weighted by atomic mass is 9.85. The van der Waals surface area contributed by atoms with Crippen LogP contribution >= 0.6 is 0 Å². The van der Waals surface area contributed by atoms with Gasteiger partial charge in [0.15, 0.2) is 5.78 Å². The second kappa shape index (κ2) is 8.13. The zero-order chi connectivity index (χ0) is 17.7. The van der Waals surface area contributed by atoms with Crippen LogP contribution in [0.15, 0.2) is 36.9 Å². The summed E-state index contributed by atoms with van der Waals surface area (Å²) in [6, 6.07) is 8.00. The third kappa shape index (κ3) is 3.94. The second-order valence-electron chi connectivity index (χ2n) is 6.84. The minimum absolute atomic E-state index is 0.155. The number of morpholine rings is 2. The maximum Gasteiger partial charge on any atom is 0.183 e. The van der Waals surface area contributed by atoms with Gasteiger partial charge in [0.2, 0.25) is 0 Å². The molecule has 5 nitrogen and oxygen atoms in total. The smallest absolute Gasteiger partial charge is 0.183 e. The number of rotatable bonds is 6. The van der Waals surface area contributed by atoms with Gasteiger partial charge >= 0.3 is 0 Å². The molecule has 1 aromatic carbocycles. The maximum absolute atomic E-state index is 13.3. The van der Waals surface area contributed by atoms with Gasteiger partial charge in [0.25, 0.3) is 0 Å². The van der Waals surface area contributed by atoms with Crippen LogP contribution in [0, 0.1) is 0 Å². The van der Waals surface area contributed by atoms with E-state index in [9.17, 15) is 4.79 Å². The van der Waals surface area contributed by atoms with E-state index >= 15 is 0 Å². The van der Waals surface area contributed by atoms with Crippen molar-refractivity contribution in [3.05, 3.63) is 42.5 Å². The van der Waals surface area contributed by atoms with Crippen molar-refractivity contribution in [3.8, 4) is 0 Å². The summed E-state index contributed by atoms with van der Waals surface area (Å²) in [6.07, 6.45) is 2.48. The van der Waals surface area contributed by atoms with Crippen molar-refractivity contribution in [1.82, 2.24) is 4.90 Å². The van der Waals surface area contributed by atoms with E-state index < -0.39 is 5.54 Å². The van der Waals surface area contributed by atoms with Gasteiger partial charge in [-0.15, -0.1) is 6.58 Å². The Bertz CT molecular complexity index is 589. The van der Waals surface area contributed by atoms with Crippen LogP contribution in [0.4, 0.5) is 5.69 Å². The van der Waals surface area contributed by atoms with Gasteiger partial charge in [-0.3, -0.25) is 9.69 Å². The van der Waals surface area contributed by atoms with Gasteiger partial charge in [0.1, 0.15) is 0 Å². The first kappa shape index (κ1) is 18.1. The Labute approximate surface area is 150 Å². The first-order valence-corrected chi connectivity index (χ1v) is 9.06. The molecule has 0 aliphatic carbocycles. The lowest BCUT2D eigenvalue weighted by Gasteiger charge is -2.41. The molecule has 25 heavy (non-hydrogen) atoms. The first-order chi connectivity index (χ1) is 12.1. The van der Waals surface area contributed by atoms with Gasteiger partial charge in [0, 0.05) is 37.4 Å². The Kier molecular flexibility index (Phi) is 5.89. The minimum atomic E-state index is -0.563. The SMILES string of the molecule is C=CCC(C)(C(=O)c1ccc(N2CCOCC2)cc1)N1CCOCC1. The molecule has 0 amide bonds. The van der Waals surface area contributed by atoms with Crippen molar-refractivity contribution in [2.75, 3.05) is 57.5 Å². The second-order valence-corrected chi connectivity index (χ2v) is 6.84. The number of benzene rings is 1. The van der Waals surface area contributed by atoms with Crippen molar-refractivity contribution in [3.63, 3.8) is 0 Å². The zero-order valence-corrected chi connectivity index (χ0v) is 15.1. The largest absolute Gasteiger partial charge is 0.379 e. The molecular weight excluding hydrogens is 316 g/mol. The number of carbonyl (C=O) groups excluding carboxylic acids is 1. The standard InChI is InChI=1S/C20H28N2O3/c1-3-8-20(2,22-11-15-25-16-12-22)19(23)17-4-6-18(7-5-17)21-9-13-24-14-10-21/h3-7H,1,8-16H2,2H3. The number of hydrogen-bond donors (Lipinski definition) is 0. The highest BCUT2D eigenvalue weighted by atomic mass is 16.5. The highest BCUT2D eigenvalue weighted by Gasteiger charge is 2.39. The van der Waals surface area contributed by atoms with E-state index in [0.29, 0.717) is 19.6 Å². The van der Waals surface area contributed by atoms with E-state index in [1.807, 2.05) is 37.3 Å². The lowest BCUT2D eigenvalue weighted by Crippen LogP contribution is -2.56. The van der Waals surface area contributed by atoms with Gasteiger partial charge in [0.05, 0.1) is 32.0 Å². The molecule has 1 unspecified atom stereocenters. The molecule has 0 aromatic heterocycles. The average molecular weight is 344 g/mol. The van der Waals surface area contributed by atoms with E-state index in [0.717, 1.165) is 50.6 Å². The fraction of sp³-hybridized carbons (Fsp3) is 0.550. The van der Waals surface area contributed by atoms with Gasteiger partial charge < -0.3 is 14.4 Å². The molecule has 1 atom stereocenters. The molecule has 0 saturated carbocycles. The molecule has 0 N–H and O–H groups in total. The fourth-order valence-corrected chi connectivity index (χ4v) is 3.66. The molecule has 1 aromatic rings. The summed E-state index contributed by atoms with van der Waals surface area (Å²) in [5.41, 5.74) is 1.34. The molecule has 2 fully saturated rings. The fourth-order valence-electron chi connectivity index (χ4n) is 3.66. The lowest BCUT2D eigenvalue weighted by molar-refractivity contribution is -0.00871. The minimum Gasteiger partial charge on any atom is -0.379 e. The normalized spacial score (nSPS) is 21.6. The molecule has 3 rings (SSSR count). The highest BCUT2D eigenvalue weighted by molar-refractivity contribution is 6.03. The van der Waals surface area contributed by atoms with Crippen LogP contribution in [0.1, 0.15) is 23.7 Å². The quantitative estimate of drug-likeness (QED) is 0.585. The number of carbonyl (C=O) groups is 1. The topological polar surface area (TPSA) is 42.0 Å². The number of hydrogen-bond acceptors (Lipinski definition) is 5. The molecule has 2 aliphatic heterocycles. The van der Waals surface area contributed by atoms with Crippen LogP contribution in [0.2, 0.25) is 0 Å². The molecule has 2 saturated heterocycles. The van der Waals surface area contributed by atoms with Crippen molar-refractivity contribution in [2.45, 2.75) is 18.9 Å². The summed E-state index contributed by atoms with van der Waals surface area (Å²) in [5, 5.41) is 0. The van der Waals surface area contributed by atoms with E-state index in [-0.39, 0.29) is 5.78 Å². The van der Waals surface area contributed by atoms with Crippen molar-refractivity contribution in [2.24, 2.45) is 0 Å². The molecule has 0 spiro atoms. The summed E-state index contributed by atoms with van der Waals surface area (Å²) in [4.78, 5) is 17.8. The third-order valence-corrected chi connectivity index (χ3v) is 5.25. The Morgan fingerprint density at radius 3 is 2.20 bits per heavy atom. The van der Waals surface area contributed by atoms with Crippen LogP contribution in [-0.4, -0.2) is 68.8 Å². The first-order valence-electron chi connectivity index (χ1n) is 9.06. The summed E-state index contributed by atoms with van der Waals surface area (Å²) in [5.74, 6) is 0.155.